The van der Waals surface area contributed by atoms with Crippen LogP contribution in [0, 0.1) is 20.8 Å². The Balaban J connectivity index is 1.76. The quantitative estimate of drug-likeness (QED) is 0.411. The summed E-state index contributed by atoms with van der Waals surface area (Å²) in [6, 6.07) is 6.65. The monoisotopic (exact) mass is 521 g/mol. The second-order valence-electron chi connectivity index (χ2n) is 7.82. The summed E-state index contributed by atoms with van der Waals surface area (Å²) >= 11 is 2.46. The molecule has 0 fully saturated rings. The fraction of sp³-hybridized carbons (Fsp3) is 0.364. The van der Waals surface area contributed by atoms with Crippen LogP contribution in [-0.2, 0) is 26.9 Å². The Morgan fingerprint density at radius 3 is 2.41 bits per heavy atom. The van der Waals surface area contributed by atoms with E-state index >= 15 is 0 Å². The minimum Gasteiger partial charge on any atom is -0.365 e. The molecule has 0 aliphatic carbocycles. The van der Waals surface area contributed by atoms with Crippen molar-refractivity contribution in [3.8, 4) is 0 Å². The fourth-order valence-corrected chi connectivity index (χ4v) is 6.54. The van der Waals surface area contributed by atoms with Gasteiger partial charge < -0.3 is 15.6 Å². The summed E-state index contributed by atoms with van der Waals surface area (Å²) in [4.78, 5) is 25.8. The number of aromatic nitrogens is 3. The molecular weight excluding hydrogens is 494 g/mol. The Morgan fingerprint density at radius 2 is 1.82 bits per heavy atom. The Labute approximate surface area is 207 Å². The van der Waals surface area contributed by atoms with Gasteiger partial charge in [0, 0.05) is 11.4 Å². The van der Waals surface area contributed by atoms with E-state index in [0.29, 0.717) is 28.1 Å². The summed E-state index contributed by atoms with van der Waals surface area (Å²) in [6.45, 7) is 9.54. The maximum atomic E-state index is 12.9. The number of carbonyl (C=O) groups is 2. The molecule has 2 amide bonds. The van der Waals surface area contributed by atoms with Crippen LogP contribution in [0.2, 0.25) is 0 Å². The van der Waals surface area contributed by atoms with Crippen LogP contribution in [0.15, 0.2) is 34.3 Å². The van der Waals surface area contributed by atoms with Gasteiger partial charge in [-0.05, 0) is 52.3 Å². The first-order chi connectivity index (χ1) is 15.9. The summed E-state index contributed by atoms with van der Waals surface area (Å²) in [5.41, 5.74) is 7.52. The SMILES string of the molecule is CCn1c(CS(=O)(=O)c2ccc(C)cc2)nnc1SC(C)C(=O)Nc1sc(C)c(C)c1C(N)=O. The standard InChI is InChI=1S/C22H27N5O4S3/c1-6-27-17(11-34(30,31)16-9-7-12(2)8-10-16)25-26-22(27)33-15(5)20(29)24-21-18(19(23)28)13(3)14(4)32-21/h7-10,15H,6,11H2,1-5H3,(H2,23,28)(H,24,29). The Hall–Kier alpha value is -2.70. The lowest BCUT2D eigenvalue weighted by molar-refractivity contribution is -0.115. The van der Waals surface area contributed by atoms with Crippen molar-refractivity contribution in [3.63, 3.8) is 0 Å². The minimum atomic E-state index is -3.60. The van der Waals surface area contributed by atoms with Crippen molar-refractivity contribution in [2.24, 2.45) is 5.73 Å². The van der Waals surface area contributed by atoms with Crippen LogP contribution in [0.5, 0.6) is 0 Å². The zero-order chi connectivity index (χ0) is 25.2. The van der Waals surface area contributed by atoms with E-state index in [-0.39, 0.29) is 16.6 Å². The molecular formula is C22H27N5O4S3. The average Bonchev–Trinajstić information content (AvgIpc) is 3.26. The second kappa shape index (κ2) is 10.3. The van der Waals surface area contributed by atoms with Gasteiger partial charge in [-0.1, -0.05) is 29.5 Å². The van der Waals surface area contributed by atoms with Crippen molar-refractivity contribution < 1.29 is 18.0 Å². The van der Waals surface area contributed by atoms with Gasteiger partial charge in [-0.25, -0.2) is 8.42 Å². The molecule has 1 aromatic carbocycles. The topological polar surface area (TPSA) is 137 Å². The predicted molar refractivity (Wildman–Crippen MR) is 134 cm³/mol. The molecule has 0 radical (unpaired) electrons. The van der Waals surface area contributed by atoms with Gasteiger partial charge in [0.25, 0.3) is 5.91 Å². The van der Waals surface area contributed by atoms with Crippen molar-refractivity contribution in [2.75, 3.05) is 5.32 Å². The molecule has 9 nitrogen and oxygen atoms in total. The third-order valence-corrected chi connectivity index (χ3v) is 9.16. The van der Waals surface area contributed by atoms with Gasteiger partial charge in [-0.2, -0.15) is 0 Å². The highest BCUT2D eigenvalue weighted by atomic mass is 32.2. The number of aryl methyl sites for hydroxylation is 2. The average molecular weight is 522 g/mol. The number of amides is 2. The summed E-state index contributed by atoms with van der Waals surface area (Å²) in [7, 11) is -3.60. The molecule has 1 unspecified atom stereocenters. The van der Waals surface area contributed by atoms with Gasteiger partial charge >= 0.3 is 0 Å². The summed E-state index contributed by atoms with van der Waals surface area (Å²) in [5.74, 6) is -0.914. The molecule has 34 heavy (non-hydrogen) atoms. The first-order valence-corrected chi connectivity index (χ1v) is 13.9. The van der Waals surface area contributed by atoms with Crippen LogP contribution in [0.25, 0.3) is 0 Å². The Morgan fingerprint density at radius 1 is 1.18 bits per heavy atom. The zero-order valence-corrected chi connectivity index (χ0v) is 22.0. The maximum Gasteiger partial charge on any atom is 0.251 e. The van der Waals surface area contributed by atoms with Gasteiger partial charge in [-0.15, -0.1) is 21.5 Å². The van der Waals surface area contributed by atoms with E-state index in [1.807, 2.05) is 20.8 Å². The largest absolute Gasteiger partial charge is 0.365 e. The number of hydrogen-bond acceptors (Lipinski definition) is 8. The number of primary amides is 1. The molecule has 3 N–H and O–H groups in total. The normalized spacial score (nSPS) is 12.5. The molecule has 2 heterocycles. The van der Waals surface area contributed by atoms with Crippen LogP contribution in [0.1, 0.15) is 46.0 Å². The number of anilines is 1. The Bertz CT molecular complexity index is 1330. The number of benzene rings is 1. The van der Waals surface area contributed by atoms with Gasteiger partial charge in [0.1, 0.15) is 16.6 Å². The lowest BCUT2D eigenvalue weighted by Gasteiger charge is -2.13. The van der Waals surface area contributed by atoms with Crippen molar-refractivity contribution in [1.82, 2.24) is 14.8 Å². The molecule has 0 aliphatic rings. The van der Waals surface area contributed by atoms with E-state index in [1.54, 1.807) is 42.7 Å². The highest BCUT2D eigenvalue weighted by molar-refractivity contribution is 8.00. The van der Waals surface area contributed by atoms with E-state index in [0.717, 1.165) is 27.8 Å². The van der Waals surface area contributed by atoms with Crippen LogP contribution in [0.3, 0.4) is 0 Å². The van der Waals surface area contributed by atoms with Gasteiger partial charge in [0.15, 0.2) is 15.0 Å². The molecule has 0 saturated carbocycles. The first-order valence-electron chi connectivity index (χ1n) is 10.5. The fourth-order valence-electron chi connectivity index (χ4n) is 3.27. The first kappa shape index (κ1) is 25.9. The smallest absolute Gasteiger partial charge is 0.251 e. The number of thiophene rings is 1. The molecule has 0 bridgehead atoms. The predicted octanol–water partition coefficient (Wildman–Crippen LogP) is 3.48. The molecule has 182 valence electrons. The molecule has 3 rings (SSSR count). The molecule has 0 spiro atoms. The molecule has 2 aromatic heterocycles. The number of sulfone groups is 1. The van der Waals surface area contributed by atoms with Crippen molar-refractivity contribution in [1.29, 1.82) is 0 Å². The number of thioether (sulfide) groups is 1. The molecule has 0 aliphatic heterocycles. The Kier molecular flexibility index (Phi) is 7.84. The number of hydrogen-bond donors (Lipinski definition) is 2. The number of carbonyl (C=O) groups excluding carboxylic acids is 2. The molecule has 1 atom stereocenters. The van der Waals surface area contributed by atoms with Crippen LogP contribution < -0.4 is 11.1 Å². The zero-order valence-electron chi connectivity index (χ0n) is 19.6. The second-order valence-corrected chi connectivity index (χ2v) is 12.3. The molecule has 0 saturated heterocycles. The highest BCUT2D eigenvalue weighted by Gasteiger charge is 2.25. The summed E-state index contributed by atoms with van der Waals surface area (Å²) in [5, 5.41) is 11.3. The molecule has 3 aromatic rings. The molecule has 12 heteroatoms. The van der Waals surface area contributed by atoms with Crippen molar-refractivity contribution in [2.45, 2.75) is 62.2 Å². The maximum absolute atomic E-state index is 12.9. The third-order valence-electron chi connectivity index (χ3n) is 5.33. The van der Waals surface area contributed by atoms with E-state index in [9.17, 15) is 18.0 Å². The highest BCUT2D eigenvalue weighted by Crippen LogP contribution is 2.33. The van der Waals surface area contributed by atoms with Crippen LogP contribution >= 0.6 is 23.1 Å². The van der Waals surface area contributed by atoms with E-state index < -0.39 is 21.0 Å². The van der Waals surface area contributed by atoms with Crippen LogP contribution in [0.4, 0.5) is 5.00 Å². The van der Waals surface area contributed by atoms with Gasteiger partial charge in [0.2, 0.25) is 5.91 Å². The van der Waals surface area contributed by atoms with Gasteiger partial charge in [-0.3, -0.25) is 9.59 Å². The lowest BCUT2D eigenvalue weighted by Crippen LogP contribution is -2.24. The number of nitrogens with zero attached hydrogens (tertiary/aromatic N) is 3. The minimum absolute atomic E-state index is 0.220. The lowest BCUT2D eigenvalue weighted by atomic mass is 10.1. The summed E-state index contributed by atoms with van der Waals surface area (Å²) in [6.07, 6.45) is 0. The summed E-state index contributed by atoms with van der Waals surface area (Å²) < 4.78 is 27.4. The van der Waals surface area contributed by atoms with Crippen LogP contribution in [-0.4, -0.2) is 40.2 Å². The number of nitrogens with one attached hydrogen (secondary N) is 1. The number of rotatable bonds is 9. The van der Waals surface area contributed by atoms with E-state index in [2.05, 4.69) is 15.5 Å². The number of nitrogens with two attached hydrogens (primary N) is 1. The van der Waals surface area contributed by atoms with Crippen molar-refractivity contribution in [3.05, 3.63) is 51.7 Å². The van der Waals surface area contributed by atoms with E-state index in [1.165, 1.54) is 11.3 Å². The van der Waals surface area contributed by atoms with Gasteiger partial charge in [0.05, 0.1) is 15.7 Å². The van der Waals surface area contributed by atoms with Crippen molar-refractivity contribution >= 4 is 49.8 Å². The third kappa shape index (κ3) is 5.50. The van der Waals surface area contributed by atoms with E-state index in [4.69, 9.17) is 5.73 Å².